The summed E-state index contributed by atoms with van der Waals surface area (Å²) in [6, 6.07) is 4.47. The molecule has 0 saturated carbocycles. The molecule has 104 valence electrons. The molecule has 0 aliphatic carbocycles. The van der Waals surface area contributed by atoms with Crippen LogP contribution < -0.4 is 5.32 Å². The van der Waals surface area contributed by atoms with Crippen molar-refractivity contribution in [1.29, 1.82) is 0 Å². The van der Waals surface area contributed by atoms with E-state index in [1.807, 2.05) is 0 Å². The largest absolute Gasteiger partial charge is 0.594 e. The van der Waals surface area contributed by atoms with Gasteiger partial charge in [0.2, 0.25) is 0 Å². The second kappa shape index (κ2) is 3.75. The number of benzene rings is 1. The molecule has 0 amide bonds. The molecular formula is C9H5F6N3O. The molecule has 0 saturated heterocycles. The van der Waals surface area contributed by atoms with Gasteiger partial charge in [0.25, 0.3) is 5.69 Å². The van der Waals surface area contributed by atoms with Crippen molar-refractivity contribution in [3.63, 3.8) is 0 Å². The van der Waals surface area contributed by atoms with Gasteiger partial charge >= 0.3 is 18.0 Å². The van der Waals surface area contributed by atoms with Crippen LogP contribution in [0.4, 0.5) is 37.7 Å². The van der Waals surface area contributed by atoms with Crippen molar-refractivity contribution in [3.8, 4) is 0 Å². The number of hydrogen-bond donors (Lipinski definition) is 1. The molecule has 1 aromatic carbocycles. The van der Waals surface area contributed by atoms with E-state index in [4.69, 9.17) is 0 Å². The molecule has 4 nitrogen and oxygen atoms in total. The number of rotatable bonds is 0. The zero-order valence-electron chi connectivity index (χ0n) is 8.88. The van der Waals surface area contributed by atoms with Crippen molar-refractivity contribution >= 4 is 11.4 Å². The van der Waals surface area contributed by atoms with Crippen LogP contribution in [0.15, 0.2) is 29.4 Å². The molecule has 2 rings (SSSR count). The quantitative estimate of drug-likeness (QED) is 0.450. The van der Waals surface area contributed by atoms with Gasteiger partial charge in [-0.25, -0.2) is 0 Å². The van der Waals surface area contributed by atoms with Gasteiger partial charge in [0.05, 0.1) is 0 Å². The first-order chi connectivity index (χ1) is 8.58. The Kier molecular flexibility index (Phi) is 2.65. The van der Waals surface area contributed by atoms with Crippen molar-refractivity contribution in [1.82, 2.24) is 0 Å². The first-order valence-corrected chi connectivity index (χ1v) is 4.79. The van der Waals surface area contributed by atoms with Gasteiger partial charge in [-0.3, -0.25) is 0 Å². The van der Waals surface area contributed by atoms with Gasteiger partial charge in [0, 0.05) is 11.2 Å². The zero-order chi connectivity index (χ0) is 14.5. The summed E-state index contributed by atoms with van der Waals surface area (Å²) in [6.45, 7) is 0. The van der Waals surface area contributed by atoms with Crippen LogP contribution in [0.2, 0.25) is 0 Å². The third kappa shape index (κ3) is 1.87. The van der Waals surface area contributed by atoms with Crippen molar-refractivity contribution < 1.29 is 31.2 Å². The lowest BCUT2D eigenvalue weighted by Crippen LogP contribution is -2.62. The van der Waals surface area contributed by atoms with Crippen LogP contribution in [0.3, 0.4) is 0 Å². The molecule has 0 bridgehead atoms. The molecule has 1 aliphatic heterocycles. The predicted molar refractivity (Wildman–Crippen MR) is 50.6 cm³/mol. The Bertz CT molecular complexity index is 521. The number of azo groups is 1. The average molecular weight is 285 g/mol. The second-order valence-corrected chi connectivity index (χ2v) is 3.72. The fourth-order valence-corrected chi connectivity index (χ4v) is 1.57. The number of nitrogens with zero attached hydrogens (tertiary/aromatic N) is 2. The number of fused-ring (bicyclic) bond motifs is 1. The van der Waals surface area contributed by atoms with Crippen molar-refractivity contribution in [2.24, 2.45) is 5.11 Å². The second-order valence-electron chi connectivity index (χ2n) is 3.72. The van der Waals surface area contributed by atoms with Crippen molar-refractivity contribution in [2.45, 2.75) is 18.0 Å². The minimum atomic E-state index is -5.82. The van der Waals surface area contributed by atoms with Gasteiger partial charge < -0.3 is 10.5 Å². The van der Waals surface area contributed by atoms with Crippen molar-refractivity contribution in [2.75, 3.05) is 5.32 Å². The molecule has 0 unspecified atom stereocenters. The van der Waals surface area contributed by atoms with Gasteiger partial charge in [0.1, 0.15) is 5.69 Å². The lowest BCUT2D eigenvalue weighted by molar-refractivity contribution is -0.474. The maximum Gasteiger partial charge on any atom is 0.448 e. The van der Waals surface area contributed by atoms with Crippen LogP contribution in [0, 0.1) is 5.21 Å². The monoisotopic (exact) mass is 285 g/mol. The van der Waals surface area contributed by atoms with Gasteiger partial charge in [-0.2, -0.15) is 26.3 Å². The summed E-state index contributed by atoms with van der Waals surface area (Å²) >= 11 is 0. The molecular weight excluding hydrogens is 280 g/mol. The fourth-order valence-electron chi connectivity index (χ4n) is 1.57. The normalized spacial score (nSPS) is 18.3. The highest BCUT2D eigenvalue weighted by atomic mass is 19.4. The van der Waals surface area contributed by atoms with Gasteiger partial charge in [0.15, 0.2) is 0 Å². The van der Waals surface area contributed by atoms with Crippen LogP contribution in [0.25, 0.3) is 0 Å². The molecule has 1 aromatic rings. The number of halogens is 6. The SMILES string of the molecule is [O-][N+]1=NC(C(F)(F)F)(C(F)(F)F)Nc2ccccc21. The highest BCUT2D eigenvalue weighted by molar-refractivity contribution is 5.63. The Morgan fingerprint density at radius 2 is 1.58 bits per heavy atom. The lowest BCUT2D eigenvalue weighted by Gasteiger charge is -2.34. The minimum Gasteiger partial charge on any atom is -0.594 e. The molecule has 0 fully saturated rings. The highest BCUT2D eigenvalue weighted by Crippen LogP contribution is 2.49. The molecule has 0 aromatic heterocycles. The van der Waals surface area contributed by atoms with Gasteiger partial charge in [-0.1, -0.05) is 17.0 Å². The molecule has 19 heavy (non-hydrogen) atoms. The van der Waals surface area contributed by atoms with Crippen LogP contribution in [0.1, 0.15) is 0 Å². The minimum absolute atomic E-state index is 0.424. The van der Waals surface area contributed by atoms with Crippen molar-refractivity contribution in [3.05, 3.63) is 29.5 Å². The van der Waals surface area contributed by atoms with E-state index in [9.17, 15) is 31.5 Å². The first-order valence-electron chi connectivity index (χ1n) is 4.79. The van der Waals surface area contributed by atoms with E-state index in [2.05, 4.69) is 5.11 Å². The van der Waals surface area contributed by atoms with Crippen LogP contribution in [-0.2, 0) is 0 Å². The summed E-state index contributed by atoms with van der Waals surface area (Å²) in [7, 11) is 0. The first kappa shape index (κ1) is 13.4. The van der Waals surface area contributed by atoms with Crippen LogP contribution >= 0.6 is 0 Å². The zero-order valence-corrected chi connectivity index (χ0v) is 8.88. The lowest BCUT2D eigenvalue weighted by atomic mass is 10.1. The summed E-state index contributed by atoms with van der Waals surface area (Å²) in [6.07, 6.45) is -11.6. The van der Waals surface area contributed by atoms with E-state index in [-0.39, 0.29) is 0 Å². The maximum atomic E-state index is 12.7. The Hall–Kier alpha value is -2.00. The Labute approximate surface area is 101 Å². The summed E-state index contributed by atoms with van der Waals surface area (Å²) < 4.78 is 76.3. The molecule has 0 atom stereocenters. The summed E-state index contributed by atoms with van der Waals surface area (Å²) in [5, 5.41) is 14.8. The van der Waals surface area contributed by atoms with E-state index in [0.29, 0.717) is 0 Å². The number of para-hydroxylation sites is 2. The smallest absolute Gasteiger partial charge is 0.448 e. The van der Waals surface area contributed by atoms with Gasteiger partial charge in [-0.15, -0.1) is 0 Å². The molecule has 0 spiro atoms. The highest BCUT2D eigenvalue weighted by Gasteiger charge is 2.76. The van der Waals surface area contributed by atoms with Crippen LogP contribution in [-0.4, -0.2) is 22.9 Å². The fraction of sp³-hybridized carbons (Fsp3) is 0.333. The van der Waals surface area contributed by atoms with E-state index < -0.39 is 34.3 Å². The molecule has 1 aliphatic rings. The maximum absolute atomic E-state index is 12.7. The number of nitrogens with one attached hydrogen (secondary N) is 1. The summed E-state index contributed by atoms with van der Waals surface area (Å²) in [5.74, 6) is 0. The predicted octanol–water partition coefficient (Wildman–Crippen LogP) is 3.53. The molecule has 1 heterocycles. The Morgan fingerprint density at radius 1 is 1.05 bits per heavy atom. The van der Waals surface area contributed by atoms with Gasteiger partial charge in [-0.05, 0) is 6.07 Å². The molecule has 0 radical (unpaired) electrons. The Morgan fingerprint density at radius 3 is 2.11 bits per heavy atom. The molecule has 10 heteroatoms. The third-order valence-corrected chi connectivity index (χ3v) is 2.49. The van der Waals surface area contributed by atoms with E-state index in [1.54, 1.807) is 0 Å². The van der Waals surface area contributed by atoms with E-state index in [1.165, 1.54) is 17.4 Å². The topological polar surface area (TPSA) is 50.5 Å². The number of alkyl halides is 6. The third-order valence-electron chi connectivity index (χ3n) is 2.49. The number of hydrogen-bond acceptors (Lipinski definition) is 3. The van der Waals surface area contributed by atoms with E-state index >= 15 is 0 Å². The van der Waals surface area contributed by atoms with Crippen LogP contribution in [0.5, 0.6) is 0 Å². The Balaban J connectivity index is 2.67. The standard InChI is InChI=1S/C9H5F6N3O/c10-8(11,12)7(9(13,14)15)16-5-3-1-2-4-6(5)18(19)17-7/h1-4,16H. The average Bonchev–Trinajstić information content (AvgIpc) is 2.26. The summed E-state index contributed by atoms with van der Waals surface area (Å²) in [4.78, 5) is -0.674. The summed E-state index contributed by atoms with van der Waals surface area (Å²) in [5.41, 5.74) is -5.66. The van der Waals surface area contributed by atoms with E-state index in [0.717, 1.165) is 12.1 Å². The molecule has 1 N–H and O–H groups in total. The number of anilines is 1.